The van der Waals surface area contributed by atoms with Gasteiger partial charge in [-0.25, -0.2) is 0 Å². The summed E-state index contributed by atoms with van der Waals surface area (Å²) in [5, 5.41) is 2.66. The number of benzene rings is 1. The molecule has 0 bridgehead atoms. The monoisotopic (exact) mass is 211 g/mol. The van der Waals surface area contributed by atoms with Gasteiger partial charge in [0.1, 0.15) is 0 Å². The molecule has 1 amide bonds. The van der Waals surface area contributed by atoms with Gasteiger partial charge in [-0.1, -0.05) is 0 Å². The van der Waals surface area contributed by atoms with E-state index in [-0.39, 0.29) is 5.91 Å². The van der Waals surface area contributed by atoms with Crippen molar-refractivity contribution >= 4 is 28.5 Å². The van der Waals surface area contributed by atoms with Crippen LogP contribution < -0.4 is 10.0 Å². The Labute approximate surface area is 82.9 Å². The highest BCUT2D eigenvalue weighted by Crippen LogP contribution is 2.25. The number of nitrogens with one attached hydrogen (secondary N) is 2. The van der Waals surface area contributed by atoms with Gasteiger partial charge in [0, 0.05) is 22.6 Å². The van der Waals surface area contributed by atoms with E-state index in [9.17, 15) is 13.6 Å². The fourth-order valence-electron chi connectivity index (χ4n) is 1.39. The highest BCUT2D eigenvalue weighted by Gasteiger charge is 2.17. The van der Waals surface area contributed by atoms with Crippen molar-refractivity contribution < 1.29 is 13.6 Å². The molecule has 1 aromatic rings. The van der Waals surface area contributed by atoms with Crippen LogP contribution in [-0.2, 0) is 22.5 Å². The van der Waals surface area contributed by atoms with E-state index >= 15 is 0 Å². The fraction of sp³-hybridized carbons (Fsp3) is 0.125. The zero-order valence-corrected chi connectivity index (χ0v) is 7.89. The molecule has 0 saturated carbocycles. The van der Waals surface area contributed by atoms with E-state index in [0.29, 0.717) is 12.1 Å². The number of hydrogen-bond acceptors (Lipinski definition) is 3. The standard InChI is InChI=1S/C8H8N2O3S/c11-8-4-5-3-6(10-14(12)13)1-2-7(5)9-8/h1-3,10H,4H2,(H,9,11)(H,12,13)/p-1. The van der Waals surface area contributed by atoms with Crippen LogP contribution in [0.3, 0.4) is 0 Å². The minimum absolute atomic E-state index is 0.0691. The summed E-state index contributed by atoms with van der Waals surface area (Å²) >= 11 is -2.33. The lowest BCUT2D eigenvalue weighted by atomic mass is 10.1. The van der Waals surface area contributed by atoms with Crippen LogP contribution in [0.15, 0.2) is 18.2 Å². The van der Waals surface area contributed by atoms with Crippen molar-refractivity contribution in [1.29, 1.82) is 0 Å². The Morgan fingerprint density at radius 3 is 3.00 bits per heavy atom. The van der Waals surface area contributed by atoms with Crippen LogP contribution in [0.25, 0.3) is 0 Å². The van der Waals surface area contributed by atoms with Gasteiger partial charge in [0.05, 0.1) is 6.42 Å². The van der Waals surface area contributed by atoms with Gasteiger partial charge in [-0.15, -0.1) is 0 Å². The molecule has 1 aliphatic heterocycles. The summed E-state index contributed by atoms with van der Waals surface area (Å²) in [5.74, 6) is -0.0691. The number of anilines is 2. The zero-order valence-electron chi connectivity index (χ0n) is 7.07. The number of amides is 1. The molecule has 1 heterocycles. The summed E-state index contributed by atoms with van der Waals surface area (Å²) in [7, 11) is 0. The van der Waals surface area contributed by atoms with E-state index in [1.807, 2.05) is 0 Å². The highest BCUT2D eigenvalue weighted by molar-refractivity contribution is 7.80. The first-order chi connectivity index (χ1) is 6.65. The van der Waals surface area contributed by atoms with Crippen LogP contribution in [0.2, 0.25) is 0 Å². The summed E-state index contributed by atoms with van der Waals surface area (Å²) < 4.78 is 22.9. The number of rotatable bonds is 2. The smallest absolute Gasteiger partial charge is 0.228 e. The normalized spacial score (nSPS) is 15.9. The second-order valence-corrected chi connectivity index (χ2v) is 3.61. The van der Waals surface area contributed by atoms with Crippen LogP contribution in [0.4, 0.5) is 11.4 Å². The van der Waals surface area contributed by atoms with Crippen molar-refractivity contribution in [3.8, 4) is 0 Å². The predicted octanol–water partition coefficient (Wildman–Crippen LogP) is 0.387. The maximum Gasteiger partial charge on any atom is 0.228 e. The van der Waals surface area contributed by atoms with Crippen LogP contribution in [0.1, 0.15) is 5.56 Å². The van der Waals surface area contributed by atoms with Crippen molar-refractivity contribution in [3.05, 3.63) is 23.8 Å². The largest absolute Gasteiger partial charge is 0.755 e. The minimum atomic E-state index is -2.33. The van der Waals surface area contributed by atoms with Crippen LogP contribution in [0.5, 0.6) is 0 Å². The highest BCUT2D eigenvalue weighted by atomic mass is 32.2. The zero-order chi connectivity index (χ0) is 10.1. The van der Waals surface area contributed by atoms with Crippen molar-refractivity contribution in [2.24, 2.45) is 0 Å². The van der Waals surface area contributed by atoms with E-state index in [1.54, 1.807) is 18.2 Å². The van der Waals surface area contributed by atoms with Gasteiger partial charge in [-0.2, -0.15) is 0 Å². The van der Waals surface area contributed by atoms with Crippen molar-refractivity contribution in [3.63, 3.8) is 0 Å². The summed E-state index contributed by atoms with van der Waals surface area (Å²) in [4.78, 5) is 11.0. The Kier molecular flexibility index (Phi) is 2.22. The SMILES string of the molecule is O=C1Cc2cc(NS(=O)[O-])ccc2N1. The summed E-state index contributed by atoms with van der Waals surface area (Å²) in [5.41, 5.74) is 2.02. The van der Waals surface area contributed by atoms with E-state index in [4.69, 9.17) is 0 Å². The summed E-state index contributed by atoms with van der Waals surface area (Å²) in [6.45, 7) is 0. The Morgan fingerprint density at radius 1 is 1.50 bits per heavy atom. The molecule has 0 spiro atoms. The van der Waals surface area contributed by atoms with Crippen molar-refractivity contribution in [1.82, 2.24) is 0 Å². The molecule has 5 nitrogen and oxygen atoms in total. The molecule has 14 heavy (non-hydrogen) atoms. The Bertz CT molecular complexity index is 419. The van der Waals surface area contributed by atoms with E-state index in [0.717, 1.165) is 11.3 Å². The van der Waals surface area contributed by atoms with Gasteiger partial charge in [0.15, 0.2) is 0 Å². The second kappa shape index (κ2) is 3.39. The molecular weight excluding hydrogens is 204 g/mol. The molecule has 2 N–H and O–H groups in total. The van der Waals surface area contributed by atoms with Gasteiger partial charge >= 0.3 is 0 Å². The molecule has 0 aromatic heterocycles. The van der Waals surface area contributed by atoms with E-state index < -0.39 is 11.3 Å². The maximum atomic E-state index is 11.0. The number of hydrogen-bond donors (Lipinski definition) is 2. The Hall–Kier alpha value is -1.40. The van der Waals surface area contributed by atoms with Gasteiger partial charge in [-0.05, 0) is 23.8 Å². The Morgan fingerprint density at radius 2 is 2.29 bits per heavy atom. The lowest BCUT2D eigenvalue weighted by Gasteiger charge is -2.09. The van der Waals surface area contributed by atoms with E-state index in [1.165, 1.54) is 0 Å². The molecule has 1 aliphatic rings. The minimum Gasteiger partial charge on any atom is -0.755 e. The van der Waals surface area contributed by atoms with Gasteiger partial charge in [0.2, 0.25) is 5.91 Å². The molecule has 2 rings (SSSR count). The van der Waals surface area contributed by atoms with Crippen LogP contribution in [-0.4, -0.2) is 14.7 Å². The lowest BCUT2D eigenvalue weighted by Crippen LogP contribution is -2.03. The Balaban J connectivity index is 2.28. The molecule has 1 atom stereocenters. The summed E-state index contributed by atoms with van der Waals surface area (Å²) in [6, 6.07) is 4.92. The van der Waals surface area contributed by atoms with Gasteiger partial charge < -0.3 is 14.6 Å². The third-order valence-electron chi connectivity index (χ3n) is 1.93. The second-order valence-electron chi connectivity index (χ2n) is 2.93. The molecule has 0 saturated heterocycles. The number of carbonyl (C=O) groups is 1. The third kappa shape index (κ3) is 1.75. The maximum absolute atomic E-state index is 11.0. The lowest BCUT2D eigenvalue weighted by molar-refractivity contribution is -0.115. The average molecular weight is 211 g/mol. The van der Waals surface area contributed by atoms with E-state index in [2.05, 4.69) is 10.0 Å². The van der Waals surface area contributed by atoms with Crippen molar-refractivity contribution in [2.75, 3.05) is 10.0 Å². The molecule has 0 radical (unpaired) electrons. The van der Waals surface area contributed by atoms with Crippen LogP contribution >= 0.6 is 0 Å². The van der Waals surface area contributed by atoms with Gasteiger partial charge in [-0.3, -0.25) is 9.00 Å². The molecule has 1 aromatic carbocycles. The van der Waals surface area contributed by atoms with Crippen LogP contribution in [0, 0.1) is 0 Å². The molecule has 1 unspecified atom stereocenters. The number of fused-ring (bicyclic) bond motifs is 1. The van der Waals surface area contributed by atoms with Gasteiger partial charge in [0.25, 0.3) is 0 Å². The first-order valence-electron chi connectivity index (χ1n) is 3.94. The summed E-state index contributed by atoms with van der Waals surface area (Å²) in [6.07, 6.45) is 0.302. The topological polar surface area (TPSA) is 81.3 Å². The predicted molar refractivity (Wildman–Crippen MR) is 51.3 cm³/mol. The average Bonchev–Trinajstić information content (AvgIpc) is 2.42. The molecular formula is C8H7N2O3S-. The molecule has 0 fully saturated rings. The molecule has 74 valence electrons. The molecule has 0 aliphatic carbocycles. The fourth-order valence-corrected chi connectivity index (χ4v) is 1.71. The quantitative estimate of drug-likeness (QED) is 0.694. The third-order valence-corrected chi connectivity index (χ3v) is 2.33. The number of carbonyl (C=O) groups excluding carboxylic acids is 1. The molecule has 6 heteroatoms. The first kappa shape index (κ1) is 9.17. The first-order valence-corrected chi connectivity index (χ1v) is 5.01. The van der Waals surface area contributed by atoms with Crippen molar-refractivity contribution in [2.45, 2.75) is 6.42 Å².